The highest BCUT2D eigenvalue weighted by molar-refractivity contribution is 6.32. The van der Waals surface area contributed by atoms with Crippen molar-refractivity contribution >= 4 is 11.9 Å². The van der Waals surface area contributed by atoms with E-state index >= 15 is 0 Å². The summed E-state index contributed by atoms with van der Waals surface area (Å²) in [7, 11) is 0. The van der Waals surface area contributed by atoms with Gasteiger partial charge in [0.15, 0.2) is 6.61 Å². The molecule has 0 radical (unpaired) electrons. The molecule has 1 aliphatic carbocycles. The van der Waals surface area contributed by atoms with Crippen LogP contribution in [0.4, 0.5) is 13.2 Å². The van der Waals surface area contributed by atoms with Crippen LogP contribution in [0.15, 0.2) is 0 Å². The predicted molar refractivity (Wildman–Crippen MR) is 68.3 cm³/mol. The third-order valence-electron chi connectivity index (χ3n) is 4.36. The molecule has 2 rings (SSSR count). The lowest BCUT2D eigenvalue weighted by atomic mass is 9.75. The summed E-state index contributed by atoms with van der Waals surface area (Å²) in [6, 6.07) is -0.0270. The van der Waals surface area contributed by atoms with Gasteiger partial charge in [-0.05, 0) is 37.5 Å². The number of halogens is 3. The summed E-state index contributed by atoms with van der Waals surface area (Å²) in [6.45, 7) is 0.675. The third kappa shape index (κ3) is 4.11. The first-order chi connectivity index (χ1) is 9.78. The molecule has 0 aromatic heterocycles. The average Bonchev–Trinajstić information content (AvgIpc) is 2.34. The van der Waals surface area contributed by atoms with Gasteiger partial charge in [-0.25, -0.2) is 4.79 Å². The van der Waals surface area contributed by atoms with Crippen molar-refractivity contribution in [3.63, 3.8) is 0 Å². The van der Waals surface area contributed by atoms with E-state index in [1.807, 2.05) is 6.92 Å². The molecule has 1 heterocycles. The quantitative estimate of drug-likeness (QED) is 0.582. The molecule has 1 amide bonds. The number of ether oxygens (including phenoxy) is 1. The number of nitrogens with zero attached hydrogens (tertiary/aromatic N) is 1. The van der Waals surface area contributed by atoms with Crippen LogP contribution >= 0.6 is 0 Å². The van der Waals surface area contributed by atoms with E-state index < -0.39 is 24.7 Å². The maximum atomic E-state index is 12.1. The fraction of sp³-hybridized carbons (Fsp3) is 0.857. The molecule has 4 nitrogen and oxygen atoms in total. The van der Waals surface area contributed by atoms with Crippen molar-refractivity contribution in [1.82, 2.24) is 4.90 Å². The molecule has 2 fully saturated rings. The maximum absolute atomic E-state index is 12.1. The van der Waals surface area contributed by atoms with Gasteiger partial charge >= 0.3 is 18.1 Å². The summed E-state index contributed by atoms with van der Waals surface area (Å²) in [5.74, 6) is -1.70. The molecule has 0 spiro atoms. The van der Waals surface area contributed by atoms with Crippen molar-refractivity contribution in [2.45, 2.75) is 51.2 Å². The molecule has 2 aliphatic rings. The Morgan fingerprint density at radius 3 is 2.38 bits per heavy atom. The van der Waals surface area contributed by atoms with Gasteiger partial charge in [-0.15, -0.1) is 0 Å². The molecule has 0 N–H and O–H groups in total. The molecule has 7 heteroatoms. The number of alkyl halides is 3. The van der Waals surface area contributed by atoms with E-state index in [0.717, 1.165) is 32.1 Å². The van der Waals surface area contributed by atoms with Gasteiger partial charge in [0, 0.05) is 12.6 Å². The van der Waals surface area contributed by atoms with Crippen molar-refractivity contribution in [1.29, 1.82) is 0 Å². The third-order valence-corrected chi connectivity index (χ3v) is 4.36. The van der Waals surface area contributed by atoms with Crippen molar-refractivity contribution in [3.05, 3.63) is 0 Å². The molecular weight excluding hydrogens is 287 g/mol. The van der Waals surface area contributed by atoms with Gasteiger partial charge in [0.1, 0.15) is 0 Å². The number of hydrogen-bond acceptors (Lipinski definition) is 3. The maximum Gasteiger partial charge on any atom is 0.422 e. The van der Waals surface area contributed by atoms with Crippen molar-refractivity contribution in [2.75, 3.05) is 13.2 Å². The average molecular weight is 307 g/mol. The van der Waals surface area contributed by atoms with Crippen LogP contribution in [0.25, 0.3) is 0 Å². The minimum Gasteiger partial charge on any atom is -0.449 e. The van der Waals surface area contributed by atoms with E-state index in [9.17, 15) is 22.8 Å². The number of carbonyl (C=O) groups is 2. The Labute approximate surface area is 121 Å². The van der Waals surface area contributed by atoms with Crippen LogP contribution in [0.1, 0.15) is 39.0 Å². The second kappa shape index (κ2) is 6.23. The number of piperidine rings is 1. The van der Waals surface area contributed by atoms with Crippen LogP contribution in [0.2, 0.25) is 0 Å². The van der Waals surface area contributed by atoms with Gasteiger partial charge in [0.05, 0.1) is 0 Å². The number of amides is 1. The van der Waals surface area contributed by atoms with Crippen molar-refractivity contribution in [2.24, 2.45) is 11.8 Å². The van der Waals surface area contributed by atoms with Gasteiger partial charge in [0.2, 0.25) is 0 Å². The van der Waals surface area contributed by atoms with E-state index in [1.54, 1.807) is 0 Å². The Morgan fingerprint density at radius 2 is 1.86 bits per heavy atom. The molecule has 120 valence electrons. The van der Waals surface area contributed by atoms with E-state index in [0.29, 0.717) is 12.5 Å². The molecule has 21 heavy (non-hydrogen) atoms. The molecule has 0 bridgehead atoms. The van der Waals surface area contributed by atoms with Crippen molar-refractivity contribution in [3.8, 4) is 0 Å². The highest BCUT2D eigenvalue weighted by Crippen LogP contribution is 2.37. The standard InChI is InChI=1S/C14H20F3NO3/c1-9-5-6-11(10-3-2-4-10)18(7-9)12(19)13(20)21-8-14(15,16)17/h9-11H,2-8H2,1H3. The number of carbonyl (C=O) groups excluding carboxylic acids is 2. The Morgan fingerprint density at radius 1 is 1.19 bits per heavy atom. The fourth-order valence-electron chi connectivity index (χ4n) is 3.05. The largest absolute Gasteiger partial charge is 0.449 e. The predicted octanol–water partition coefficient (Wildman–Crippen LogP) is 2.52. The van der Waals surface area contributed by atoms with Gasteiger partial charge < -0.3 is 9.64 Å². The lowest BCUT2D eigenvalue weighted by molar-refractivity contribution is -0.190. The molecule has 2 atom stereocenters. The highest BCUT2D eigenvalue weighted by atomic mass is 19.4. The van der Waals surface area contributed by atoms with Gasteiger partial charge in [0.25, 0.3) is 0 Å². The summed E-state index contributed by atoms with van der Waals surface area (Å²) in [4.78, 5) is 25.1. The lowest BCUT2D eigenvalue weighted by Crippen LogP contribution is -2.53. The number of esters is 1. The van der Waals surface area contributed by atoms with Crippen LogP contribution in [0.5, 0.6) is 0 Å². The molecule has 0 aromatic rings. The normalized spacial score (nSPS) is 27.1. The first-order valence-corrected chi connectivity index (χ1v) is 7.32. The Balaban J connectivity index is 1.98. The second-order valence-electron chi connectivity index (χ2n) is 6.09. The van der Waals surface area contributed by atoms with Crippen LogP contribution < -0.4 is 0 Å². The Bertz CT molecular complexity index is 407. The lowest BCUT2D eigenvalue weighted by Gasteiger charge is -2.45. The Hall–Kier alpha value is -1.27. The minimum atomic E-state index is -4.61. The smallest absolute Gasteiger partial charge is 0.422 e. The summed E-state index contributed by atoms with van der Waals surface area (Å²) in [6.07, 6.45) is 0.309. The van der Waals surface area contributed by atoms with Crippen LogP contribution in [0.3, 0.4) is 0 Å². The van der Waals surface area contributed by atoms with Gasteiger partial charge in [-0.2, -0.15) is 13.2 Å². The summed E-state index contributed by atoms with van der Waals surface area (Å²) < 4.78 is 40.2. The zero-order chi connectivity index (χ0) is 15.6. The van der Waals surface area contributed by atoms with E-state index in [4.69, 9.17) is 0 Å². The first kappa shape index (κ1) is 16.1. The second-order valence-corrected chi connectivity index (χ2v) is 6.09. The zero-order valence-corrected chi connectivity index (χ0v) is 12.0. The summed E-state index contributed by atoms with van der Waals surface area (Å²) in [5, 5.41) is 0. The summed E-state index contributed by atoms with van der Waals surface area (Å²) in [5.41, 5.74) is 0. The number of likely N-dealkylation sites (tertiary alicyclic amines) is 1. The first-order valence-electron chi connectivity index (χ1n) is 7.32. The Kier molecular flexibility index (Phi) is 4.78. The zero-order valence-electron chi connectivity index (χ0n) is 12.0. The number of hydrogen-bond donors (Lipinski definition) is 0. The monoisotopic (exact) mass is 307 g/mol. The topological polar surface area (TPSA) is 46.6 Å². The summed E-state index contributed by atoms with van der Waals surface area (Å²) >= 11 is 0. The van der Waals surface area contributed by atoms with Crippen LogP contribution in [0, 0.1) is 11.8 Å². The molecular formula is C14H20F3NO3. The molecule has 0 aromatic carbocycles. The number of rotatable bonds is 2. The highest BCUT2D eigenvalue weighted by Gasteiger charge is 2.40. The van der Waals surface area contributed by atoms with E-state index in [1.165, 1.54) is 4.90 Å². The fourth-order valence-corrected chi connectivity index (χ4v) is 3.05. The molecule has 1 saturated heterocycles. The van der Waals surface area contributed by atoms with Crippen molar-refractivity contribution < 1.29 is 27.5 Å². The van der Waals surface area contributed by atoms with Gasteiger partial charge in [-0.3, -0.25) is 4.79 Å². The van der Waals surface area contributed by atoms with Crippen LogP contribution in [-0.2, 0) is 14.3 Å². The van der Waals surface area contributed by atoms with E-state index in [-0.39, 0.29) is 12.0 Å². The molecule has 1 saturated carbocycles. The van der Waals surface area contributed by atoms with Crippen LogP contribution in [-0.4, -0.2) is 42.1 Å². The SMILES string of the molecule is CC1CCC(C2CCC2)N(C(=O)C(=O)OCC(F)(F)F)C1. The van der Waals surface area contributed by atoms with E-state index in [2.05, 4.69) is 4.74 Å². The molecule has 1 aliphatic heterocycles. The molecule has 2 unspecified atom stereocenters. The minimum absolute atomic E-state index is 0.0270. The van der Waals surface area contributed by atoms with Gasteiger partial charge in [-0.1, -0.05) is 13.3 Å².